The van der Waals surface area contributed by atoms with Crippen molar-refractivity contribution < 1.29 is 18.3 Å². The van der Waals surface area contributed by atoms with E-state index in [4.69, 9.17) is 0 Å². The van der Waals surface area contributed by atoms with Crippen molar-refractivity contribution in [1.82, 2.24) is 5.32 Å². The minimum atomic E-state index is -2.86. The van der Waals surface area contributed by atoms with Crippen LogP contribution in [0.2, 0.25) is 0 Å². The number of hydrogen-bond donors (Lipinski definition) is 1. The lowest BCUT2D eigenvalue weighted by Crippen LogP contribution is -2.19. The molecule has 1 aromatic carbocycles. The highest BCUT2D eigenvalue weighted by molar-refractivity contribution is 8.00. The number of ether oxygens (including phenoxy) is 1. The van der Waals surface area contributed by atoms with Gasteiger partial charge in [0.05, 0.1) is 5.75 Å². The van der Waals surface area contributed by atoms with Crippen molar-refractivity contribution in [2.45, 2.75) is 12.0 Å². The number of hydrogen-bond acceptors (Lipinski definition) is 3. The lowest BCUT2D eigenvalue weighted by Gasteiger charge is -2.14. The molecule has 3 nitrogen and oxygen atoms in total. The van der Waals surface area contributed by atoms with Gasteiger partial charge in [-0.15, -0.1) is 11.8 Å². The summed E-state index contributed by atoms with van der Waals surface area (Å²) < 4.78 is 28.7. The van der Waals surface area contributed by atoms with Crippen molar-refractivity contribution in [3.63, 3.8) is 0 Å². The van der Waals surface area contributed by atoms with Gasteiger partial charge in [-0.3, -0.25) is 4.79 Å². The first-order chi connectivity index (χ1) is 7.66. The smallest absolute Gasteiger partial charge is 0.387 e. The first-order valence-corrected chi connectivity index (χ1v) is 5.66. The Hall–Kier alpha value is -1.30. The van der Waals surface area contributed by atoms with E-state index in [1.807, 2.05) is 0 Å². The van der Waals surface area contributed by atoms with E-state index >= 15 is 0 Å². The van der Waals surface area contributed by atoms with Crippen molar-refractivity contribution in [3.8, 4) is 5.75 Å². The van der Waals surface area contributed by atoms with Gasteiger partial charge in [-0.05, 0) is 6.07 Å². The molecule has 0 radical (unpaired) electrons. The summed E-state index contributed by atoms with van der Waals surface area (Å²) in [6, 6.07) is 6.47. The Morgan fingerprint density at radius 1 is 1.44 bits per heavy atom. The predicted molar refractivity (Wildman–Crippen MR) is 56.4 cm³/mol. The van der Waals surface area contributed by atoms with E-state index < -0.39 is 6.61 Å². The summed E-state index contributed by atoms with van der Waals surface area (Å²) in [4.78, 5) is 11.0. The van der Waals surface area contributed by atoms with Crippen LogP contribution >= 0.6 is 11.8 Å². The van der Waals surface area contributed by atoms with Crippen molar-refractivity contribution in [3.05, 3.63) is 29.8 Å². The molecule has 2 rings (SSSR count). The number of amides is 1. The number of para-hydroxylation sites is 1. The number of carbonyl (C=O) groups is 1. The SMILES string of the molecule is O=C1CSC(c2ccccc2OC(F)F)N1. The van der Waals surface area contributed by atoms with Crippen LogP contribution < -0.4 is 10.1 Å². The molecule has 1 saturated heterocycles. The van der Waals surface area contributed by atoms with E-state index in [1.165, 1.54) is 17.8 Å². The zero-order valence-corrected chi connectivity index (χ0v) is 8.97. The number of alkyl halides is 2. The lowest BCUT2D eigenvalue weighted by molar-refractivity contribution is -0.118. The van der Waals surface area contributed by atoms with Crippen LogP contribution in [0.25, 0.3) is 0 Å². The molecule has 1 heterocycles. The molecule has 0 saturated carbocycles. The average molecular weight is 245 g/mol. The van der Waals surface area contributed by atoms with E-state index in [1.54, 1.807) is 18.2 Å². The molecule has 0 aromatic heterocycles. The highest BCUT2D eigenvalue weighted by atomic mass is 32.2. The van der Waals surface area contributed by atoms with Gasteiger partial charge < -0.3 is 10.1 Å². The maximum Gasteiger partial charge on any atom is 0.387 e. The first-order valence-electron chi connectivity index (χ1n) is 4.61. The zero-order valence-electron chi connectivity index (χ0n) is 8.15. The van der Waals surface area contributed by atoms with Gasteiger partial charge >= 0.3 is 6.61 Å². The maximum atomic E-state index is 12.1. The lowest BCUT2D eigenvalue weighted by atomic mass is 10.2. The summed E-state index contributed by atoms with van der Waals surface area (Å²) in [5.41, 5.74) is 0.568. The third-order valence-corrected chi connectivity index (χ3v) is 3.22. The number of thioether (sulfide) groups is 1. The van der Waals surface area contributed by atoms with Crippen molar-refractivity contribution in [2.24, 2.45) is 0 Å². The Bertz CT molecular complexity index is 400. The van der Waals surface area contributed by atoms with Crippen LogP contribution in [0.3, 0.4) is 0 Å². The number of carbonyl (C=O) groups excluding carboxylic acids is 1. The van der Waals surface area contributed by atoms with Gasteiger partial charge in [0.15, 0.2) is 0 Å². The van der Waals surface area contributed by atoms with Crippen LogP contribution in [0.5, 0.6) is 5.75 Å². The fraction of sp³-hybridized carbons (Fsp3) is 0.300. The van der Waals surface area contributed by atoms with Crippen LogP contribution in [0.15, 0.2) is 24.3 Å². The van der Waals surface area contributed by atoms with Gasteiger partial charge in [-0.25, -0.2) is 0 Å². The normalized spacial score (nSPS) is 19.9. The number of nitrogens with one attached hydrogen (secondary N) is 1. The second-order valence-corrected chi connectivity index (χ2v) is 4.27. The molecule has 1 N–H and O–H groups in total. The summed E-state index contributed by atoms with van der Waals surface area (Å²) in [6.45, 7) is -2.86. The van der Waals surface area contributed by atoms with Crippen LogP contribution in [0.4, 0.5) is 8.78 Å². The molecule has 6 heteroatoms. The molecular weight excluding hydrogens is 236 g/mol. The molecule has 16 heavy (non-hydrogen) atoms. The van der Waals surface area contributed by atoms with Gasteiger partial charge in [-0.1, -0.05) is 18.2 Å². The largest absolute Gasteiger partial charge is 0.434 e. The Morgan fingerprint density at radius 2 is 2.19 bits per heavy atom. The summed E-state index contributed by atoms with van der Waals surface area (Å²) >= 11 is 1.36. The standard InChI is InChI=1S/C10H9F2NO2S/c11-10(12)15-7-4-2-1-3-6(7)9-13-8(14)5-16-9/h1-4,9-10H,5H2,(H,13,14). The second-order valence-electron chi connectivity index (χ2n) is 3.17. The molecular formula is C10H9F2NO2S. The fourth-order valence-corrected chi connectivity index (χ4v) is 2.45. The zero-order chi connectivity index (χ0) is 11.5. The Kier molecular flexibility index (Phi) is 3.28. The number of halogens is 2. The van der Waals surface area contributed by atoms with Gasteiger partial charge in [-0.2, -0.15) is 8.78 Å². The molecule has 0 aliphatic carbocycles. The Balaban J connectivity index is 2.22. The third kappa shape index (κ3) is 2.44. The summed E-state index contributed by atoms with van der Waals surface area (Å²) in [7, 11) is 0. The molecule has 0 bridgehead atoms. The van der Waals surface area contributed by atoms with Crippen molar-refractivity contribution in [2.75, 3.05) is 5.75 Å². The molecule has 86 valence electrons. The monoisotopic (exact) mass is 245 g/mol. The van der Waals surface area contributed by atoms with Crippen molar-refractivity contribution in [1.29, 1.82) is 0 Å². The highest BCUT2D eigenvalue weighted by Gasteiger charge is 2.26. The van der Waals surface area contributed by atoms with E-state index in [-0.39, 0.29) is 17.0 Å². The van der Waals surface area contributed by atoms with E-state index in [2.05, 4.69) is 10.1 Å². The summed E-state index contributed by atoms with van der Waals surface area (Å²) in [5, 5.41) is 2.38. The first kappa shape index (κ1) is 11.2. The van der Waals surface area contributed by atoms with Crippen LogP contribution in [0, 0.1) is 0 Å². The summed E-state index contributed by atoms with van der Waals surface area (Å²) in [5.74, 6) is 0.354. The topological polar surface area (TPSA) is 38.3 Å². The Labute approximate surface area is 95.2 Å². The van der Waals surface area contributed by atoms with Crippen LogP contribution in [-0.2, 0) is 4.79 Å². The molecule has 1 aliphatic heterocycles. The Morgan fingerprint density at radius 3 is 2.81 bits per heavy atom. The molecule has 1 fully saturated rings. The molecule has 1 aromatic rings. The van der Waals surface area contributed by atoms with Crippen LogP contribution in [0.1, 0.15) is 10.9 Å². The van der Waals surface area contributed by atoms with E-state index in [0.29, 0.717) is 11.3 Å². The van der Waals surface area contributed by atoms with E-state index in [9.17, 15) is 13.6 Å². The van der Waals surface area contributed by atoms with Gasteiger partial charge in [0.25, 0.3) is 0 Å². The van der Waals surface area contributed by atoms with Gasteiger partial charge in [0.2, 0.25) is 5.91 Å². The predicted octanol–water partition coefficient (Wildman–Crippen LogP) is 2.15. The number of rotatable bonds is 3. The highest BCUT2D eigenvalue weighted by Crippen LogP contribution is 2.36. The molecule has 1 amide bonds. The minimum absolute atomic E-state index is 0.0955. The van der Waals surface area contributed by atoms with E-state index in [0.717, 1.165) is 0 Å². The molecule has 0 spiro atoms. The molecule has 1 aliphatic rings. The molecule has 1 unspecified atom stereocenters. The quantitative estimate of drug-likeness (QED) is 0.886. The minimum Gasteiger partial charge on any atom is -0.434 e. The van der Waals surface area contributed by atoms with Gasteiger partial charge in [0.1, 0.15) is 11.1 Å². The van der Waals surface area contributed by atoms with Crippen LogP contribution in [-0.4, -0.2) is 18.3 Å². The van der Waals surface area contributed by atoms with Gasteiger partial charge in [0, 0.05) is 5.56 Å². The summed E-state index contributed by atoms with van der Waals surface area (Å²) in [6.07, 6.45) is 0. The van der Waals surface area contributed by atoms with Crippen molar-refractivity contribution >= 4 is 17.7 Å². The maximum absolute atomic E-state index is 12.1. The second kappa shape index (κ2) is 4.69. The molecule has 1 atom stereocenters. The third-order valence-electron chi connectivity index (χ3n) is 2.09. The fourth-order valence-electron chi connectivity index (χ4n) is 1.46. The average Bonchev–Trinajstić information content (AvgIpc) is 2.65. The number of benzene rings is 1.